The highest BCUT2D eigenvalue weighted by Crippen LogP contribution is 2.59. The number of anilines is 1. The number of rotatable bonds is 4. The highest BCUT2D eigenvalue weighted by atomic mass is 16.5. The number of hydrogen-bond donors (Lipinski definition) is 1. The van der Waals surface area contributed by atoms with E-state index in [1.165, 1.54) is 19.3 Å². The molecule has 142 valence electrons. The zero-order chi connectivity index (χ0) is 19.1. The first-order valence-electron chi connectivity index (χ1n) is 9.88. The Morgan fingerprint density at radius 2 is 2.04 bits per heavy atom. The highest BCUT2D eigenvalue weighted by molar-refractivity contribution is 5.93. The molecule has 6 nitrogen and oxygen atoms in total. The topological polar surface area (TPSA) is 89.8 Å². The van der Waals surface area contributed by atoms with Gasteiger partial charge in [-0.25, -0.2) is 4.98 Å². The molecule has 2 aromatic heterocycles. The standard InChI is InChI=1S/C22H23N5O/c23-13-16-12-22(9-10-22)8-6-17(16)27-18-7-11-25-21(19(18)20(24)26-27)28-14-15-4-2-1-3-5-15/h1-5,7,11,16-17H,6,8-10,12,14H2,(H2,24,26). The van der Waals surface area contributed by atoms with E-state index < -0.39 is 0 Å². The second-order valence-corrected chi connectivity index (χ2v) is 8.16. The summed E-state index contributed by atoms with van der Waals surface area (Å²) in [6.07, 6.45) is 7.36. The maximum Gasteiger partial charge on any atom is 0.227 e. The molecule has 0 amide bonds. The van der Waals surface area contributed by atoms with Gasteiger partial charge < -0.3 is 10.5 Å². The first kappa shape index (κ1) is 17.1. The Morgan fingerprint density at radius 1 is 1.21 bits per heavy atom. The minimum atomic E-state index is -0.0272. The average Bonchev–Trinajstić information content (AvgIpc) is 3.40. The lowest BCUT2D eigenvalue weighted by atomic mass is 9.76. The lowest BCUT2D eigenvalue weighted by Crippen LogP contribution is -2.28. The van der Waals surface area contributed by atoms with E-state index in [1.807, 2.05) is 41.1 Å². The van der Waals surface area contributed by atoms with E-state index in [1.54, 1.807) is 6.20 Å². The van der Waals surface area contributed by atoms with Crippen molar-refractivity contribution in [3.63, 3.8) is 0 Å². The van der Waals surface area contributed by atoms with E-state index in [-0.39, 0.29) is 12.0 Å². The predicted molar refractivity (Wildman–Crippen MR) is 106 cm³/mol. The molecule has 2 saturated carbocycles. The monoisotopic (exact) mass is 373 g/mol. The van der Waals surface area contributed by atoms with E-state index in [9.17, 15) is 5.26 Å². The smallest absolute Gasteiger partial charge is 0.227 e. The lowest BCUT2D eigenvalue weighted by molar-refractivity contribution is 0.200. The van der Waals surface area contributed by atoms with E-state index in [0.717, 1.165) is 29.3 Å². The first-order chi connectivity index (χ1) is 13.7. The Labute approximate surface area is 163 Å². The van der Waals surface area contributed by atoms with E-state index in [0.29, 0.717) is 23.7 Å². The van der Waals surface area contributed by atoms with Crippen LogP contribution in [-0.4, -0.2) is 14.8 Å². The third-order valence-electron chi connectivity index (χ3n) is 6.36. The molecule has 2 unspecified atom stereocenters. The van der Waals surface area contributed by atoms with Gasteiger partial charge in [0.15, 0.2) is 5.82 Å². The molecule has 2 fully saturated rings. The van der Waals surface area contributed by atoms with Gasteiger partial charge in [0, 0.05) is 6.20 Å². The molecule has 3 aromatic rings. The maximum atomic E-state index is 9.77. The van der Waals surface area contributed by atoms with Gasteiger partial charge in [0.25, 0.3) is 0 Å². The van der Waals surface area contributed by atoms with Crippen molar-refractivity contribution < 1.29 is 4.74 Å². The Bertz CT molecular complexity index is 1050. The first-order valence-corrected chi connectivity index (χ1v) is 9.88. The fourth-order valence-corrected chi connectivity index (χ4v) is 4.59. The summed E-state index contributed by atoms with van der Waals surface area (Å²) in [6, 6.07) is 14.5. The van der Waals surface area contributed by atoms with Crippen LogP contribution in [-0.2, 0) is 6.61 Å². The van der Waals surface area contributed by atoms with Crippen molar-refractivity contribution in [2.75, 3.05) is 5.73 Å². The molecular formula is C22H23N5O. The summed E-state index contributed by atoms with van der Waals surface area (Å²) >= 11 is 0. The van der Waals surface area contributed by atoms with Crippen molar-refractivity contribution in [2.24, 2.45) is 11.3 Å². The van der Waals surface area contributed by atoms with Gasteiger partial charge in [-0.15, -0.1) is 0 Å². The Kier molecular flexibility index (Phi) is 3.97. The molecule has 1 spiro atoms. The van der Waals surface area contributed by atoms with Crippen LogP contribution < -0.4 is 10.5 Å². The quantitative estimate of drug-likeness (QED) is 0.739. The molecule has 0 bridgehead atoms. The summed E-state index contributed by atoms with van der Waals surface area (Å²) in [7, 11) is 0. The summed E-state index contributed by atoms with van der Waals surface area (Å²) in [5.74, 6) is 0.878. The zero-order valence-corrected chi connectivity index (χ0v) is 15.7. The van der Waals surface area contributed by atoms with Crippen LogP contribution in [0.1, 0.15) is 43.7 Å². The van der Waals surface area contributed by atoms with Gasteiger partial charge in [0.2, 0.25) is 5.88 Å². The molecule has 5 rings (SSSR count). The van der Waals surface area contributed by atoms with Gasteiger partial charge in [0.05, 0.1) is 23.5 Å². The molecule has 28 heavy (non-hydrogen) atoms. The molecule has 0 radical (unpaired) electrons. The van der Waals surface area contributed by atoms with Crippen LogP contribution in [0, 0.1) is 22.7 Å². The Morgan fingerprint density at radius 3 is 2.79 bits per heavy atom. The predicted octanol–water partition coefficient (Wildman–Crippen LogP) is 4.24. The third kappa shape index (κ3) is 2.88. The molecule has 0 aliphatic heterocycles. The lowest BCUT2D eigenvalue weighted by Gasteiger charge is -2.33. The van der Waals surface area contributed by atoms with E-state index in [4.69, 9.17) is 10.5 Å². The van der Waals surface area contributed by atoms with Gasteiger partial charge in [-0.3, -0.25) is 4.68 Å². The summed E-state index contributed by atoms with van der Waals surface area (Å²) in [5.41, 5.74) is 8.66. The summed E-state index contributed by atoms with van der Waals surface area (Å²) in [6.45, 7) is 0.421. The molecule has 2 heterocycles. The summed E-state index contributed by atoms with van der Waals surface area (Å²) < 4.78 is 7.92. The zero-order valence-electron chi connectivity index (χ0n) is 15.7. The number of hydrogen-bond acceptors (Lipinski definition) is 5. The van der Waals surface area contributed by atoms with Crippen LogP contribution in [0.2, 0.25) is 0 Å². The van der Waals surface area contributed by atoms with Crippen molar-refractivity contribution in [1.29, 1.82) is 5.26 Å². The summed E-state index contributed by atoms with van der Waals surface area (Å²) in [4.78, 5) is 4.39. The molecule has 2 aliphatic rings. The van der Waals surface area contributed by atoms with Crippen molar-refractivity contribution in [2.45, 2.75) is 44.8 Å². The van der Waals surface area contributed by atoms with Gasteiger partial charge in [-0.05, 0) is 49.1 Å². The van der Waals surface area contributed by atoms with Crippen LogP contribution in [0.25, 0.3) is 10.9 Å². The van der Waals surface area contributed by atoms with Crippen LogP contribution >= 0.6 is 0 Å². The van der Waals surface area contributed by atoms with E-state index >= 15 is 0 Å². The fraction of sp³-hybridized carbons (Fsp3) is 0.409. The number of pyridine rings is 1. The highest BCUT2D eigenvalue weighted by Gasteiger charge is 2.49. The molecule has 2 atom stereocenters. The molecule has 1 aromatic carbocycles. The number of nitrogens with zero attached hydrogens (tertiary/aromatic N) is 4. The molecule has 6 heteroatoms. The number of aromatic nitrogens is 3. The molecule has 2 N–H and O–H groups in total. The van der Waals surface area contributed by atoms with Crippen LogP contribution in [0.15, 0.2) is 42.6 Å². The van der Waals surface area contributed by atoms with Crippen molar-refractivity contribution >= 4 is 16.7 Å². The number of nitriles is 1. The Balaban J connectivity index is 1.47. The Hall–Kier alpha value is -3.07. The third-order valence-corrected chi connectivity index (χ3v) is 6.36. The number of nitrogen functional groups attached to an aromatic ring is 1. The van der Waals surface area contributed by atoms with Crippen molar-refractivity contribution in [3.8, 4) is 11.9 Å². The van der Waals surface area contributed by atoms with Crippen LogP contribution in [0.3, 0.4) is 0 Å². The van der Waals surface area contributed by atoms with Gasteiger partial charge in [-0.2, -0.15) is 10.4 Å². The molecular weight excluding hydrogens is 350 g/mol. The van der Waals surface area contributed by atoms with Crippen LogP contribution in [0.5, 0.6) is 5.88 Å². The van der Waals surface area contributed by atoms with E-state index in [2.05, 4.69) is 16.2 Å². The van der Waals surface area contributed by atoms with Gasteiger partial charge in [0.1, 0.15) is 12.0 Å². The minimum absolute atomic E-state index is 0.0272. The summed E-state index contributed by atoms with van der Waals surface area (Å²) in [5, 5.41) is 15.1. The second-order valence-electron chi connectivity index (χ2n) is 8.16. The van der Waals surface area contributed by atoms with Gasteiger partial charge >= 0.3 is 0 Å². The number of nitrogens with two attached hydrogens (primary N) is 1. The number of benzene rings is 1. The van der Waals surface area contributed by atoms with Crippen LogP contribution in [0.4, 0.5) is 5.82 Å². The number of ether oxygens (including phenoxy) is 1. The normalized spacial score (nSPS) is 22.8. The second kappa shape index (κ2) is 6.52. The minimum Gasteiger partial charge on any atom is -0.472 e. The van der Waals surface area contributed by atoms with Crippen molar-refractivity contribution in [3.05, 3.63) is 48.2 Å². The van der Waals surface area contributed by atoms with Crippen molar-refractivity contribution in [1.82, 2.24) is 14.8 Å². The maximum absolute atomic E-state index is 9.77. The van der Waals surface area contributed by atoms with Gasteiger partial charge in [-0.1, -0.05) is 30.3 Å². The molecule has 2 aliphatic carbocycles. The fourth-order valence-electron chi connectivity index (χ4n) is 4.59. The molecule has 0 saturated heterocycles. The average molecular weight is 373 g/mol. The largest absolute Gasteiger partial charge is 0.472 e. The SMILES string of the molecule is N#CC1CC2(CCC1n1nc(N)c3c(OCc4ccccc4)nccc31)CC2. The number of fused-ring (bicyclic) bond motifs is 1.